The minimum atomic E-state index is -0.608. The Morgan fingerprint density at radius 3 is 2.67 bits per heavy atom. The van der Waals surface area contributed by atoms with Crippen LogP contribution in [0.1, 0.15) is 18.8 Å². The summed E-state index contributed by atoms with van der Waals surface area (Å²) in [4.78, 5) is 4.36. The molecule has 0 aliphatic carbocycles. The Morgan fingerprint density at radius 1 is 1.27 bits per heavy atom. The standard InChI is InChI=1S/C11H13N3O/c1-8-4-3-5-10(12-8)11-6-7-14(13-11)9(2)15/h3-7,9,15H,1-2H3. The third-order valence-electron chi connectivity index (χ3n) is 2.14. The van der Waals surface area contributed by atoms with E-state index in [1.807, 2.05) is 31.2 Å². The van der Waals surface area contributed by atoms with Crippen LogP contribution in [0.4, 0.5) is 0 Å². The van der Waals surface area contributed by atoms with E-state index in [2.05, 4.69) is 10.1 Å². The van der Waals surface area contributed by atoms with Gasteiger partial charge in [-0.05, 0) is 32.0 Å². The summed E-state index contributed by atoms with van der Waals surface area (Å²) in [5, 5.41) is 13.5. The number of pyridine rings is 1. The number of aliphatic hydroxyl groups excluding tert-OH is 1. The van der Waals surface area contributed by atoms with Crippen molar-refractivity contribution < 1.29 is 5.11 Å². The number of hydrogen-bond donors (Lipinski definition) is 1. The molecule has 2 rings (SSSR count). The third kappa shape index (κ3) is 2.05. The SMILES string of the molecule is Cc1cccc(-c2ccn(C(C)O)n2)n1. The molecule has 78 valence electrons. The van der Waals surface area contributed by atoms with E-state index in [1.54, 1.807) is 13.1 Å². The van der Waals surface area contributed by atoms with Crippen LogP contribution in [0.5, 0.6) is 0 Å². The lowest BCUT2D eigenvalue weighted by Gasteiger charge is -2.02. The van der Waals surface area contributed by atoms with E-state index >= 15 is 0 Å². The van der Waals surface area contributed by atoms with Crippen LogP contribution in [-0.4, -0.2) is 19.9 Å². The van der Waals surface area contributed by atoms with Gasteiger partial charge in [-0.25, -0.2) is 4.68 Å². The van der Waals surface area contributed by atoms with Gasteiger partial charge in [0.25, 0.3) is 0 Å². The van der Waals surface area contributed by atoms with Crippen molar-refractivity contribution in [1.29, 1.82) is 0 Å². The molecule has 0 saturated carbocycles. The zero-order valence-corrected chi connectivity index (χ0v) is 8.75. The van der Waals surface area contributed by atoms with E-state index in [0.717, 1.165) is 17.1 Å². The monoisotopic (exact) mass is 203 g/mol. The van der Waals surface area contributed by atoms with Crippen LogP contribution in [0, 0.1) is 6.92 Å². The van der Waals surface area contributed by atoms with Gasteiger partial charge in [-0.2, -0.15) is 5.10 Å². The van der Waals surface area contributed by atoms with E-state index in [0.29, 0.717) is 0 Å². The molecule has 4 heteroatoms. The van der Waals surface area contributed by atoms with Crippen molar-refractivity contribution >= 4 is 0 Å². The molecule has 0 amide bonds. The second kappa shape index (κ2) is 3.82. The molecule has 15 heavy (non-hydrogen) atoms. The number of aryl methyl sites for hydroxylation is 1. The first kappa shape index (κ1) is 9.86. The maximum Gasteiger partial charge on any atom is 0.144 e. The molecule has 0 fully saturated rings. The second-order valence-corrected chi connectivity index (χ2v) is 3.48. The van der Waals surface area contributed by atoms with Crippen LogP contribution in [0.25, 0.3) is 11.4 Å². The largest absolute Gasteiger partial charge is 0.372 e. The van der Waals surface area contributed by atoms with Gasteiger partial charge in [0, 0.05) is 11.9 Å². The van der Waals surface area contributed by atoms with Gasteiger partial charge < -0.3 is 5.11 Å². The molecule has 0 aliphatic rings. The van der Waals surface area contributed by atoms with Crippen molar-refractivity contribution in [1.82, 2.24) is 14.8 Å². The van der Waals surface area contributed by atoms with Crippen LogP contribution >= 0.6 is 0 Å². The Hall–Kier alpha value is -1.68. The predicted molar refractivity (Wildman–Crippen MR) is 57.1 cm³/mol. The van der Waals surface area contributed by atoms with E-state index in [9.17, 15) is 5.11 Å². The number of aliphatic hydroxyl groups is 1. The maximum absolute atomic E-state index is 9.32. The lowest BCUT2D eigenvalue weighted by Crippen LogP contribution is -2.04. The Balaban J connectivity index is 2.37. The van der Waals surface area contributed by atoms with Crippen molar-refractivity contribution in [3.63, 3.8) is 0 Å². The quantitative estimate of drug-likeness (QED) is 0.809. The summed E-state index contributed by atoms with van der Waals surface area (Å²) in [6.07, 6.45) is 1.13. The van der Waals surface area contributed by atoms with Gasteiger partial charge in [0.1, 0.15) is 11.9 Å². The molecule has 0 saturated heterocycles. The minimum absolute atomic E-state index is 0.608. The van der Waals surface area contributed by atoms with Crippen molar-refractivity contribution in [2.75, 3.05) is 0 Å². The average Bonchev–Trinajstić information content (AvgIpc) is 2.66. The predicted octanol–water partition coefficient (Wildman–Crippen LogP) is 1.76. The molecule has 0 spiro atoms. The average molecular weight is 203 g/mol. The zero-order valence-electron chi connectivity index (χ0n) is 8.75. The van der Waals surface area contributed by atoms with Crippen molar-refractivity contribution in [2.24, 2.45) is 0 Å². The summed E-state index contributed by atoms with van der Waals surface area (Å²) in [5.74, 6) is 0. The molecule has 2 aromatic heterocycles. The van der Waals surface area contributed by atoms with Gasteiger partial charge in [-0.1, -0.05) is 6.07 Å². The molecular formula is C11H13N3O. The van der Waals surface area contributed by atoms with Gasteiger partial charge >= 0.3 is 0 Å². The lowest BCUT2D eigenvalue weighted by atomic mass is 10.2. The first-order chi connectivity index (χ1) is 7.16. The molecule has 1 unspecified atom stereocenters. The molecule has 1 atom stereocenters. The molecule has 2 aromatic rings. The highest BCUT2D eigenvalue weighted by atomic mass is 16.3. The minimum Gasteiger partial charge on any atom is -0.372 e. The lowest BCUT2D eigenvalue weighted by molar-refractivity contribution is 0.111. The molecular weight excluding hydrogens is 190 g/mol. The van der Waals surface area contributed by atoms with Gasteiger partial charge in [-0.15, -0.1) is 0 Å². The van der Waals surface area contributed by atoms with Gasteiger partial charge in [-0.3, -0.25) is 4.98 Å². The highest BCUT2D eigenvalue weighted by molar-refractivity contribution is 5.53. The maximum atomic E-state index is 9.32. The number of aromatic nitrogens is 3. The summed E-state index contributed by atoms with van der Waals surface area (Å²) in [6.45, 7) is 3.61. The first-order valence-corrected chi connectivity index (χ1v) is 4.84. The highest BCUT2D eigenvalue weighted by Gasteiger charge is 2.05. The van der Waals surface area contributed by atoms with Crippen molar-refractivity contribution in [3.05, 3.63) is 36.2 Å². The zero-order chi connectivity index (χ0) is 10.8. The normalized spacial score (nSPS) is 12.7. The van der Waals surface area contributed by atoms with Gasteiger partial charge in [0.2, 0.25) is 0 Å². The Morgan fingerprint density at radius 2 is 2.07 bits per heavy atom. The van der Waals surface area contributed by atoms with Crippen LogP contribution in [0.3, 0.4) is 0 Å². The Labute approximate surface area is 88.2 Å². The molecule has 1 N–H and O–H groups in total. The summed E-state index contributed by atoms with van der Waals surface area (Å²) in [7, 11) is 0. The van der Waals surface area contributed by atoms with Gasteiger partial charge in [0.15, 0.2) is 0 Å². The topological polar surface area (TPSA) is 50.9 Å². The van der Waals surface area contributed by atoms with Crippen LogP contribution < -0.4 is 0 Å². The van der Waals surface area contributed by atoms with Crippen LogP contribution in [0.15, 0.2) is 30.5 Å². The smallest absolute Gasteiger partial charge is 0.144 e. The molecule has 0 aromatic carbocycles. The van der Waals surface area contributed by atoms with Crippen molar-refractivity contribution in [3.8, 4) is 11.4 Å². The summed E-state index contributed by atoms with van der Waals surface area (Å²) >= 11 is 0. The Bertz CT molecular complexity index is 462. The van der Waals surface area contributed by atoms with Crippen molar-refractivity contribution in [2.45, 2.75) is 20.1 Å². The number of rotatable bonds is 2. The third-order valence-corrected chi connectivity index (χ3v) is 2.14. The summed E-state index contributed by atoms with van der Waals surface area (Å²) in [6, 6.07) is 7.63. The molecule has 0 bridgehead atoms. The fourth-order valence-corrected chi connectivity index (χ4v) is 1.37. The molecule has 4 nitrogen and oxygen atoms in total. The van der Waals surface area contributed by atoms with E-state index in [-0.39, 0.29) is 0 Å². The fourth-order valence-electron chi connectivity index (χ4n) is 1.37. The van der Waals surface area contributed by atoms with Crippen LogP contribution in [-0.2, 0) is 0 Å². The fraction of sp³-hybridized carbons (Fsp3) is 0.273. The molecule has 0 aliphatic heterocycles. The summed E-state index contributed by atoms with van der Waals surface area (Å²) in [5.41, 5.74) is 2.56. The number of nitrogens with zero attached hydrogens (tertiary/aromatic N) is 3. The number of hydrogen-bond acceptors (Lipinski definition) is 3. The first-order valence-electron chi connectivity index (χ1n) is 4.84. The van der Waals surface area contributed by atoms with Gasteiger partial charge in [0.05, 0.1) is 5.69 Å². The highest BCUT2D eigenvalue weighted by Crippen LogP contribution is 2.15. The molecule has 0 radical (unpaired) electrons. The van der Waals surface area contributed by atoms with E-state index in [4.69, 9.17) is 0 Å². The molecule has 2 heterocycles. The second-order valence-electron chi connectivity index (χ2n) is 3.48. The van der Waals surface area contributed by atoms with E-state index < -0.39 is 6.23 Å². The van der Waals surface area contributed by atoms with Crippen LogP contribution in [0.2, 0.25) is 0 Å². The summed E-state index contributed by atoms with van der Waals surface area (Å²) < 4.78 is 1.50. The van der Waals surface area contributed by atoms with E-state index in [1.165, 1.54) is 4.68 Å². The Kier molecular flexibility index (Phi) is 2.51.